The fraction of sp³-hybridized carbons (Fsp3) is 0.538. The summed E-state index contributed by atoms with van der Waals surface area (Å²) in [4.78, 5) is 2.32. The molecule has 17 heavy (non-hydrogen) atoms. The lowest BCUT2D eigenvalue weighted by Crippen LogP contribution is -2.39. The first-order chi connectivity index (χ1) is 8.29. The van der Waals surface area contributed by atoms with Crippen LogP contribution < -0.4 is 0 Å². The summed E-state index contributed by atoms with van der Waals surface area (Å²) in [6, 6.07) is 7.74. The predicted octanol–water partition coefficient (Wildman–Crippen LogP) is 1.75. The van der Waals surface area contributed by atoms with Gasteiger partial charge in [0.05, 0.1) is 19.8 Å². The fourth-order valence-electron chi connectivity index (χ4n) is 2.12. The van der Waals surface area contributed by atoms with Crippen LogP contribution in [0.25, 0.3) is 0 Å². The number of aliphatic hydroxyl groups excluding tert-OH is 1. The van der Waals surface area contributed by atoms with Crippen molar-refractivity contribution < 1.29 is 9.84 Å². The SMILES string of the molecule is OCC(CN1CCOCC1)c1cccc(Cl)c1. The van der Waals surface area contributed by atoms with E-state index in [4.69, 9.17) is 16.3 Å². The van der Waals surface area contributed by atoms with E-state index >= 15 is 0 Å². The number of aliphatic hydroxyl groups is 1. The molecule has 0 saturated carbocycles. The number of hydrogen-bond acceptors (Lipinski definition) is 3. The van der Waals surface area contributed by atoms with Gasteiger partial charge < -0.3 is 9.84 Å². The molecule has 94 valence electrons. The first kappa shape index (κ1) is 12.8. The second-order valence-corrected chi connectivity index (χ2v) is 4.78. The molecule has 0 radical (unpaired) electrons. The van der Waals surface area contributed by atoms with Gasteiger partial charge in [-0.05, 0) is 17.7 Å². The minimum Gasteiger partial charge on any atom is -0.396 e. The summed E-state index contributed by atoms with van der Waals surface area (Å²) >= 11 is 5.97. The molecule has 1 heterocycles. The zero-order chi connectivity index (χ0) is 12.1. The number of benzene rings is 1. The average Bonchev–Trinajstić information content (AvgIpc) is 2.37. The molecule has 3 nitrogen and oxygen atoms in total. The van der Waals surface area contributed by atoms with Crippen molar-refractivity contribution in [2.24, 2.45) is 0 Å². The van der Waals surface area contributed by atoms with Crippen molar-refractivity contribution in [2.45, 2.75) is 5.92 Å². The Morgan fingerprint density at radius 1 is 1.35 bits per heavy atom. The van der Waals surface area contributed by atoms with Crippen LogP contribution in [-0.2, 0) is 4.74 Å². The average molecular weight is 256 g/mol. The number of rotatable bonds is 4. The van der Waals surface area contributed by atoms with E-state index in [0.717, 1.165) is 43.4 Å². The van der Waals surface area contributed by atoms with E-state index in [2.05, 4.69) is 4.90 Å². The maximum atomic E-state index is 9.50. The Bertz CT molecular complexity index is 353. The van der Waals surface area contributed by atoms with E-state index in [0.29, 0.717) is 0 Å². The summed E-state index contributed by atoms with van der Waals surface area (Å²) in [5, 5.41) is 10.2. The monoisotopic (exact) mass is 255 g/mol. The number of morpholine rings is 1. The third kappa shape index (κ3) is 3.68. The topological polar surface area (TPSA) is 32.7 Å². The number of hydrogen-bond donors (Lipinski definition) is 1. The standard InChI is InChI=1S/C13H18ClNO2/c14-13-3-1-2-11(8-13)12(10-16)9-15-4-6-17-7-5-15/h1-3,8,12,16H,4-7,9-10H2. The van der Waals surface area contributed by atoms with Crippen molar-refractivity contribution in [1.29, 1.82) is 0 Å². The van der Waals surface area contributed by atoms with Gasteiger partial charge in [0.1, 0.15) is 0 Å². The van der Waals surface area contributed by atoms with Gasteiger partial charge in [-0.2, -0.15) is 0 Å². The molecule has 0 amide bonds. The normalized spacial score (nSPS) is 19.2. The van der Waals surface area contributed by atoms with Crippen LogP contribution in [0, 0.1) is 0 Å². The molecule has 1 aromatic carbocycles. The Hall–Kier alpha value is -0.610. The van der Waals surface area contributed by atoms with Crippen molar-refractivity contribution in [1.82, 2.24) is 4.90 Å². The molecule has 4 heteroatoms. The van der Waals surface area contributed by atoms with E-state index in [1.807, 2.05) is 24.3 Å². The summed E-state index contributed by atoms with van der Waals surface area (Å²) in [7, 11) is 0. The smallest absolute Gasteiger partial charge is 0.0594 e. The van der Waals surface area contributed by atoms with Crippen LogP contribution >= 0.6 is 11.6 Å². The molecule has 0 aliphatic carbocycles. The number of halogens is 1. The highest BCUT2D eigenvalue weighted by Gasteiger charge is 2.17. The highest BCUT2D eigenvalue weighted by Crippen LogP contribution is 2.20. The van der Waals surface area contributed by atoms with Gasteiger partial charge in [0.25, 0.3) is 0 Å². The molecule has 2 rings (SSSR count). The summed E-state index contributed by atoms with van der Waals surface area (Å²) < 4.78 is 5.31. The van der Waals surface area contributed by atoms with Gasteiger partial charge >= 0.3 is 0 Å². The first-order valence-corrected chi connectivity index (χ1v) is 6.34. The molecule has 1 aromatic rings. The van der Waals surface area contributed by atoms with E-state index in [1.165, 1.54) is 0 Å². The molecule has 0 aromatic heterocycles. The quantitative estimate of drug-likeness (QED) is 0.890. The maximum Gasteiger partial charge on any atom is 0.0594 e. The Balaban J connectivity index is 2.00. The molecule has 1 saturated heterocycles. The highest BCUT2D eigenvalue weighted by atomic mass is 35.5. The predicted molar refractivity (Wildman–Crippen MR) is 68.5 cm³/mol. The molecule has 1 aliphatic rings. The van der Waals surface area contributed by atoms with Gasteiger partial charge in [0, 0.05) is 30.6 Å². The lowest BCUT2D eigenvalue weighted by atomic mass is 9.99. The number of nitrogens with zero attached hydrogens (tertiary/aromatic N) is 1. The van der Waals surface area contributed by atoms with Crippen LogP contribution in [0.15, 0.2) is 24.3 Å². The van der Waals surface area contributed by atoms with Gasteiger partial charge in [0.15, 0.2) is 0 Å². The Morgan fingerprint density at radius 2 is 2.12 bits per heavy atom. The molecular weight excluding hydrogens is 238 g/mol. The van der Waals surface area contributed by atoms with E-state index in [-0.39, 0.29) is 12.5 Å². The molecule has 1 atom stereocenters. The Kier molecular flexibility index (Phi) is 4.80. The molecule has 1 N–H and O–H groups in total. The van der Waals surface area contributed by atoms with Crippen molar-refractivity contribution in [3.8, 4) is 0 Å². The third-order valence-corrected chi connectivity index (χ3v) is 3.36. The Labute approximate surface area is 107 Å². The number of ether oxygens (including phenoxy) is 1. The van der Waals surface area contributed by atoms with Crippen molar-refractivity contribution >= 4 is 11.6 Å². The van der Waals surface area contributed by atoms with Crippen LogP contribution in [0.4, 0.5) is 0 Å². The second kappa shape index (κ2) is 6.36. The van der Waals surface area contributed by atoms with Crippen molar-refractivity contribution in [3.05, 3.63) is 34.9 Å². The zero-order valence-corrected chi connectivity index (χ0v) is 10.6. The Morgan fingerprint density at radius 3 is 2.76 bits per heavy atom. The fourth-order valence-corrected chi connectivity index (χ4v) is 2.32. The second-order valence-electron chi connectivity index (χ2n) is 4.35. The van der Waals surface area contributed by atoms with Crippen LogP contribution in [0.2, 0.25) is 5.02 Å². The highest BCUT2D eigenvalue weighted by molar-refractivity contribution is 6.30. The van der Waals surface area contributed by atoms with E-state index in [1.54, 1.807) is 0 Å². The van der Waals surface area contributed by atoms with E-state index in [9.17, 15) is 5.11 Å². The van der Waals surface area contributed by atoms with Crippen LogP contribution in [-0.4, -0.2) is 49.5 Å². The van der Waals surface area contributed by atoms with Gasteiger partial charge in [-0.3, -0.25) is 4.90 Å². The third-order valence-electron chi connectivity index (χ3n) is 3.12. The minimum atomic E-state index is 0.131. The molecule has 1 fully saturated rings. The maximum absolute atomic E-state index is 9.50. The minimum absolute atomic E-state index is 0.131. The van der Waals surface area contributed by atoms with Crippen molar-refractivity contribution in [2.75, 3.05) is 39.5 Å². The largest absolute Gasteiger partial charge is 0.396 e. The van der Waals surface area contributed by atoms with Gasteiger partial charge in [-0.15, -0.1) is 0 Å². The van der Waals surface area contributed by atoms with Crippen molar-refractivity contribution in [3.63, 3.8) is 0 Å². The van der Waals surface area contributed by atoms with E-state index < -0.39 is 0 Å². The molecule has 0 spiro atoms. The summed E-state index contributed by atoms with van der Waals surface area (Å²) in [6.07, 6.45) is 0. The first-order valence-electron chi connectivity index (χ1n) is 5.96. The van der Waals surface area contributed by atoms with Gasteiger partial charge in [-0.25, -0.2) is 0 Å². The summed E-state index contributed by atoms with van der Waals surface area (Å²) in [6.45, 7) is 4.47. The lowest BCUT2D eigenvalue weighted by molar-refractivity contribution is 0.0319. The lowest BCUT2D eigenvalue weighted by Gasteiger charge is -2.30. The summed E-state index contributed by atoms with van der Waals surface area (Å²) in [5.74, 6) is 0.131. The molecule has 1 aliphatic heterocycles. The van der Waals surface area contributed by atoms with Crippen LogP contribution in [0.5, 0.6) is 0 Å². The summed E-state index contributed by atoms with van der Waals surface area (Å²) in [5.41, 5.74) is 1.10. The van der Waals surface area contributed by atoms with Crippen LogP contribution in [0.1, 0.15) is 11.5 Å². The van der Waals surface area contributed by atoms with Crippen LogP contribution in [0.3, 0.4) is 0 Å². The van der Waals surface area contributed by atoms with Gasteiger partial charge in [-0.1, -0.05) is 23.7 Å². The molecule has 0 bridgehead atoms. The van der Waals surface area contributed by atoms with Gasteiger partial charge in [0.2, 0.25) is 0 Å². The molecule has 1 unspecified atom stereocenters. The molecular formula is C13H18ClNO2. The zero-order valence-electron chi connectivity index (χ0n) is 9.81.